The minimum atomic E-state index is 0. The lowest BCUT2D eigenvalue weighted by Gasteiger charge is -2.34. The van der Waals surface area contributed by atoms with Crippen molar-refractivity contribution >= 4 is 24.2 Å². The zero-order valence-corrected chi connectivity index (χ0v) is 12.9. The first-order valence-corrected chi connectivity index (χ1v) is 6.77. The molecule has 0 radical (unpaired) electrons. The van der Waals surface area contributed by atoms with E-state index in [-0.39, 0.29) is 30.3 Å². The van der Waals surface area contributed by atoms with Gasteiger partial charge in [-0.1, -0.05) is 13.8 Å². The van der Waals surface area contributed by atoms with Crippen molar-refractivity contribution in [1.29, 1.82) is 0 Å². The molecule has 0 aromatic rings. The van der Waals surface area contributed by atoms with Gasteiger partial charge in [0.25, 0.3) is 0 Å². The topological polar surface area (TPSA) is 61.4 Å². The Balaban J connectivity index is 0.00000324. The number of nitrogens with one attached hydrogen (secondary N) is 2. The van der Waals surface area contributed by atoms with Crippen LogP contribution >= 0.6 is 12.4 Å². The van der Waals surface area contributed by atoms with E-state index in [0.29, 0.717) is 25.3 Å². The second kappa shape index (κ2) is 9.15. The zero-order chi connectivity index (χ0) is 13.5. The Hall–Kier alpha value is -0.810. The fraction of sp³-hybridized carbons (Fsp3) is 0.846. The summed E-state index contributed by atoms with van der Waals surface area (Å²) in [5, 5.41) is 6.05. The molecule has 1 aliphatic heterocycles. The van der Waals surface area contributed by atoms with Gasteiger partial charge in [-0.15, -0.1) is 12.4 Å². The number of carbonyl (C=O) groups excluding carboxylic acids is 2. The highest BCUT2D eigenvalue weighted by atomic mass is 35.5. The molecule has 0 bridgehead atoms. The maximum atomic E-state index is 12.0. The molecule has 1 atom stereocenters. The van der Waals surface area contributed by atoms with Gasteiger partial charge in [0.05, 0.1) is 0 Å². The van der Waals surface area contributed by atoms with Gasteiger partial charge in [0.1, 0.15) is 0 Å². The summed E-state index contributed by atoms with van der Waals surface area (Å²) in [7, 11) is 0. The molecule has 1 rings (SSSR count). The van der Waals surface area contributed by atoms with E-state index >= 15 is 0 Å². The van der Waals surface area contributed by atoms with E-state index in [1.807, 2.05) is 25.7 Å². The summed E-state index contributed by atoms with van der Waals surface area (Å²) in [4.78, 5) is 25.3. The molecule has 2 N–H and O–H groups in total. The van der Waals surface area contributed by atoms with Crippen LogP contribution in [0.3, 0.4) is 0 Å². The Labute approximate surface area is 121 Å². The number of nitrogens with zero attached hydrogens (tertiary/aromatic N) is 1. The summed E-state index contributed by atoms with van der Waals surface area (Å²) in [6.07, 6.45) is 0.923. The van der Waals surface area contributed by atoms with Gasteiger partial charge in [-0.05, 0) is 12.8 Å². The number of piperazine rings is 1. The van der Waals surface area contributed by atoms with E-state index in [2.05, 4.69) is 10.6 Å². The first kappa shape index (κ1) is 18.2. The van der Waals surface area contributed by atoms with Crippen LogP contribution in [0.4, 0.5) is 0 Å². The Bertz CT molecular complexity index is 298. The van der Waals surface area contributed by atoms with Crippen molar-refractivity contribution in [2.24, 2.45) is 5.92 Å². The monoisotopic (exact) mass is 291 g/mol. The molecule has 0 aromatic heterocycles. The molecule has 0 spiro atoms. The third-order valence-electron chi connectivity index (χ3n) is 3.08. The fourth-order valence-electron chi connectivity index (χ4n) is 2.11. The maximum Gasteiger partial charge on any atom is 0.224 e. The highest BCUT2D eigenvalue weighted by Crippen LogP contribution is 2.04. The van der Waals surface area contributed by atoms with E-state index < -0.39 is 0 Å². The summed E-state index contributed by atoms with van der Waals surface area (Å²) in [6.45, 7) is 8.98. The number of halogens is 1. The molecule has 112 valence electrons. The fourth-order valence-corrected chi connectivity index (χ4v) is 2.11. The van der Waals surface area contributed by atoms with E-state index in [9.17, 15) is 9.59 Å². The summed E-state index contributed by atoms with van der Waals surface area (Å²) in [5.41, 5.74) is 0. The van der Waals surface area contributed by atoms with Gasteiger partial charge in [0.2, 0.25) is 11.8 Å². The third-order valence-corrected chi connectivity index (χ3v) is 3.08. The van der Waals surface area contributed by atoms with Crippen LogP contribution in [0, 0.1) is 5.92 Å². The number of rotatable bonds is 5. The zero-order valence-electron chi connectivity index (χ0n) is 12.1. The average Bonchev–Trinajstić information content (AvgIpc) is 2.28. The second-order valence-electron chi connectivity index (χ2n) is 5.34. The largest absolute Gasteiger partial charge is 0.356 e. The van der Waals surface area contributed by atoms with Gasteiger partial charge in [-0.3, -0.25) is 9.59 Å². The first-order valence-electron chi connectivity index (χ1n) is 6.77. The third kappa shape index (κ3) is 6.78. The van der Waals surface area contributed by atoms with Crippen LogP contribution < -0.4 is 10.6 Å². The second-order valence-corrected chi connectivity index (χ2v) is 5.34. The molecular formula is C13H26ClN3O2. The van der Waals surface area contributed by atoms with Crippen molar-refractivity contribution in [2.45, 2.75) is 39.7 Å². The molecular weight excluding hydrogens is 266 g/mol. The number of carbonyl (C=O) groups is 2. The van der Waals surface area contributed by atoms with E-state index in [1.54, 1.807) is 0 Å². The average molecular weight is 292 g/mol. The van der Waals surface area contributed by atoms with Crippen LogP contribution in [-0.2, 0) is 9.59 Å². The Morgan fingerprint density at radius 3 is 2.68 bits per heavy atom. The Morgan fingerprint density at radius 1 is 1.42 bits per heavy atom. The van der Waals surface area contributed by atoms with Crippen molar-refractivity contribution in [3.8, 4) is 0 Å². The summed E-state index contributed by atoms with van der Waals surface area (Å²) in [6, 6.07) is 0.248. The summed E-state index contributed by atoms with van der Waals surface area (Å²) in [5.74, 6) is 0.522. The molecule has 1 unspecified atom stereocenters. The molecule has 0 aromatic carbocycles. The van der Waals surface area contributed by atoms with Gasteiger partial charge in [0, 0.05) is 45.1 Å². The minimum absolute atomic E-state index is 0. The van der Waals surface area contributed by atoms with Crippen molar-refractivity contribution in [1.82, 2.24) is 15.5 Å². The Morgan fingerprint density at radius 2 is 2.11 bits per heavy atom. The van der Waals surface area contributed by atoms with Crippen molar-refractivity contribution in [3.63, 3.8) is 0 Å². The molecule has 19 heavy (non-hydrogen) atoms. The summed E-state index contributed by atoms with van der Waals surface area (Å²) < 4.78 is 0. The van der Waals surface area contributed by atoms with Crippen LogP contribution in [-0.4, -0.2) is 48.9 Å². The lowest BCUT2D eigenvalue weighted by Crippen LogP contribution is -2.52. The lowest BCUT2D eigenvalue weighted by atomic mass is 10.1. The quantitative estimate of drug-likeness (QED) is 0.787. The van der Waals surface area contributed by atoms with Crippen LogP contribution in [0.15, 0.2) is 0 Å². The van der Waals surface area contributed by atoms with Crippen molar-refractivity contribution < 1.29 is 9.59 Å². The lowest BCUT2D eigenvalue weighted by molar-refractivity contribution is -0.133. The van der Waals surface area contributed by atoms with Crippen molar-refractivity contribution in [3.05, 3.63) is 0 Å². The molecule has 1 heterocycles. The standard InChI is InChI=1S/C13H25N3O2.ClH/c1-10(2)8-12(17)15-5-4-13(18)16-7-6-14-9-11(16)3;/h10-11,14H,4-9H2,1-3H3,(H,15,17);1H. The highest BCUT2D eigenvalue weighted by Gasteiger charge is 2.22. The first-order chi connectivity index (χ1) is 8.50. The smallest absolute Gasteiger partial charge is 0.224 e. The predicted octanol–water partition coefficient (Wildman–Crippen LogP) is 0.781. The van der Waals surface area contributed by atoms with Gasteiger partial charge in [-0.25, -0.2) is 0 Å². The van der Waals surface area contributed by atoms with Gasteiger partial charge in [-0.2, -0.15) is 0 Å². The molecule has 1 fully saturated rings. The highest BCUT2D eigenvalue weighted by molar-refractivity contribution is 5.85. The molecule has 2 amide bonds. The van der Waals surface area contributed by atoms with Crippen LogP contribution in [0.5, 0.6) is 0 Å². The predicted molar refractivity (Wildman–Crippen MR) is 78.4 cm³/mol. The molecule has 5 nitrogen and oxygen atoms in total. The molecule has 1 saturated heterocycles. The molecule has 1 aliphatic rings. The van der Waals surface area contributed by atoms with E-state index in [0.717, 1.165) is 19.6 Å². The Kier molecular flexibility index (Phi) is 8.76. The molecule has 6 heteroatoms. The summed E-state index contributed by atoms with van der Waals surface area (Å²) >= 11 is 0. The molecule has 0 aliphatic carbocycles. The normalized spacial score (nSPS) is 18.9. The SMILES string of the molecule is CC(C)CC(=O)NCCC(=O)N1CCNCC1C.Cl. The van der Waals surface area contributed by atoms with Gasteiger partial charge < -0.3 is 15.5 Å². The van der Waals surface area contributed by atoms with Gasteiger partial charge in [0.15, 0.2) is 0 Å². The van der Waals surface area contributed by atoms with E-state index in [1.165, 1.54) is 0 Å². The van der Waals surface area contributed by atoms with Crippen LogP contribution in [0.25, 0.3) is 0 Å². The molecule has 0 saturated carbocycles. The number of hydrogen-bond donors (Lipinski definition) is 2. The number of amides is 2. The van der Waals surface area contributed by atoms with E-state index in [4.69, 9.17) is 0 Å². The van der Waals surface area contributed by atoms with Gasteiger partial charge >= 0.3 is 0 Å². The van der Waals surface area contributed by atoms with Crippen molar-refractivity contribution in [2.75, 3.05) is 26.2 Å². The minimum Gasteiger partial charge on any atom is -0.356 e. The maximum absolute atomic E-state index is 12.0. The van der Waals surface area contributed by atoms with Crippen LogP contribution in [0.1, 0.15) is 33.6 Å². The van der Waals surface area contributed by atoms with Crippen LogP contribution in [0.2, 0.25) is 0 Å². The number of hydrogen-bond acceptors (Lipinski definition) is 3.